The zero-order valence-electron chi connectivity index (χ0n) is 13.9. The van der Waals surface area contributed by atoms with Crippen molar-refractivity contribution in [3.63, 3.8) is 0 Å². The normalized spacial score (nSPS) is 17.5. The van der Waals surface area contributed by atoms with Crippen molar-refractivity contribution in [2.75, 3.05) is 18.5 Å². The Balaban J connectivity index is 1.76. The highest BCUT2D eigenvalue weighted by molar-refractivity contribution is 6.02. The number of anilines is 1. The fourth-order valence-electron chi connectivity index (χ4n) is 3.19. The van der Waals surface area contributed by atoms with Crippen LogP contribution in [0.3, 0.4) is 0 Å². The van der Waals surface area contributed by atoms with Crippen LogP contribution in [0.4, 0.5) is 5.69 Å². The Morgan fingerprint density at radius 1 is 1.42 bits per heavy atom. The lowest BCUT2D eigenvalue weighted by atomic mass is 10.1. The fourth-order valence-corrected chi connectivity index (χ4v) is 3.19. The standard InChI is InChI=1S/C16H20N6O2/c1-10(15-17-19-20-18-15)9-21(3)16(24)14-8-12-6-4-5-7-13(12)22(14)11(2)23/h4-7,10,14H,8-9H2,1-3H3,(H,17,18,19,20)/t10-,14-/m0/s1. The highest BCUT2D eigenvalue weighted by atomic mass is 16.2. The van der Waals surface area contributed by atoms with Crippen molar-refractivity contribution in [2.24, 2.45) is 0 Å². The number of fused-ring (bicyclic) bond motifs is 1. The molecule has 0 saturated carbocycles. The van der Waals surface area contributed by atoms with Crippen molar-refractivity contribution in [2.45, 2.75) is 32.2 Å². The van der Waals surface area contributed by atoms with Gasteiger partial charge in [-0.25, -0.2) is 0 Å². The zero-order chi connectivity index (χ0) is 17.3. The first kappa shape index (κ1) is 16.1. The Kier molecular flexibility index (Phi) is 4.28. The molecule has 0 bridgehead atoms. The Hall–Kier alpha value is -2.77. The molecule has 2 amide bonds. The van der Waals surface area contributed by atoms with E-state index in [-0.39, 0.29) is 17.7 Å². The fraction of sp³-hybridized carbons (Fsp3) is 0.438. The zero-order valence-corrected chi connectivity index (χ0v) is 13.9. The van der Waals surface area contributed by atoms with Crippen molar-refractivity contribution in [1.29, 1.82) is 0 Å². The van der Waals surface area contributed by atoms with Crippen LogP contribution in [0.2, 0.25) is 0 Å². The molecule has 2 heterocycles. The maximum Gasteiger partial charge on any atom is 0.245 e. The van der Waals surface area contributed by atoms with E-state index < -0.39 is 6.04 Å². The number of aromatic amines is 1. The second kappa shape index (κ2) is 6.38. The van der Waals surface area contributed by atoms with Gasteiger partial charge in [0.2, 0.25) is 11.8 Å². The molecule has 1 aromatic carbocycles. The van der Waals surface area contributed by atoms with E-state index in [0.717, 1.165) is 11.3 Å². The second-order valence-corrected chi connectivity index (χ2v) is 6.13. The van der Waals surface area contributed by atoms with Gasteiger partial charge in [0, 0.05) is 38.5 Å². The summed E-state index contributed by atoms with van der Waals surface area (Å²) in [5.74, 6) is 0.301. The molecule has 1 aromatic heterocycles. The highest BCUT2D eigenvalue weighted by Gasteiger charge is 2.38. The number of nitrogens with zero attached hydrogens (tertiary/aromatic N) is 5. The number of nitrogens with one attached hydrogen (secondary N) is 1. The van der Waals surface area contributed by atoms with Gasteiger partial charge >= 0.3 is 0 Å². The van der Waals surface area contributed by atoms with Crippen LogP contribution >= 0.6 is 0 Å². The maximum absolute atomic E-state index is 12.9. The van der Waals surface area contributed by atoms with Crippen LogP contribution in [0.5, 0.6) is 0 Å². The number of hydrogen-bond donors (Lipinski definition) is 1. The van der Waals surface area contributed by atoms with E-state index in [0.29, 0.717) is 18.8 Å². The largest absolute Gasteiger partial charge is 0.343 e. The lowest BCUT2D eigenvalue weighted by molar-refractivity contribution is -0.133. The van der Waals surface area contributed by atoms with Crippen LogP contribution < -0.4 is 4.90 Å². The second-order valence-electron chi connectivity index (χ2n) is 6.13. The molecule has 0 saturated heterocycles. The average molecular weight is 328 g/mol. The summed E-state index contributed by atoms with van der Waals surface area (Å²) in [4.78, 5) is 28.2. The lowest BCUT2D eigenvalue weighted by Gasteiger charge is -2.28. The molecule has 0 radical (unpaired) electrons. The number of H-pyrrole nitrogens is 1. The number of rotatable bonds is 4. The Morgan fingerprint density at radius 3 is 2.83 bits per heavy atom. The summed E-state index contributed by atoms with van der Waals surface area (Å²) in [6.45, 7) is 3.88. The summed E-state index contributed by atoms with van der Waals surface area (Å²) < 4.78 is 0. The molecule has 3 rings (SSSR count). The molecular formula is C16H20N6O2. The van der Waals surface area contributed by atoms with Crippen molar-refractivity contribution >= 4 is 17.5 Å². The molecule has 0 spiro atoms. The number of benzene rings is 1. The predicted octanol–water partition coefficient (Wildman–Crippen LogP) is 0.739. The molecule has 1 N–H and O–H groups in total. The van der Waals surface area contributed by atoms with Gasteiger partial charge in [-0.3, -0.25) is 14.5 Å². The highest BCUT2D eigenvalue weighted by Crippen LogP contribution is 2.32. The van der Waals surface area contributed by atoms with E-state index in [9.17, 15) is 9.59 Å². The van der Waals surface area contributed by atoms with E-state index in [2.05, 4.69) is 20.6 Å². The number of para-hydroxylation sites is 1. The molecule has 1 aliphatic rings. The third-order valence-electron chi connectivity index (χ3n) is 4.33. The maximum atomic E-state index is 12.9. The number of carbonyl (C=O) groups is 2. The first-order valence-corrected chi connectivity index (χ1v) is 7.85. The Morgan fingerprint density at radius 2 is 2.17 bits per heavy atom. The monoisotopic (exact) mass is 328 g/mol. The molecule has 0 aliphatic carbocycles. The Bertz CT molecular complexity index is 745. The van der Waals surface area contributed by atoms with Crippen LogP contribution in [0.1, 0.15) is 31.2 Å². The number of likely N-dealkylation sites (N-methyl/N-ethyl adjacent to an activating group) is 1. The summed E-state index contributed by atoms with van der Waals surface area (Å²) in [5, 5.41) is 13.9. The van der Waals surface area contributed by atoms with Gasteiger partial charge in [-0.15, -0.1) is 10.2 Å². The smallest absolute Gasteiger partial charge is 0.245 e. The van der Waals surface area contributed by atoms with Crippen LogP contribution in [0, 0.1) is 0 Å². The van der Waals surface area contributed by atoms with Crippen molar-refractivity contribution < 1.29 is 9.59 Å². The van der Waals surface area contributed by atoms with E-state index in [1.54, 1.807) is 16.8 Å². The van der Waals surface area contributed by atoms with Gasteiger partial charge in [0.25, 0.3) is 0 Å². The Labute approximate surface area is 139 Å². The van der Waals surface area contributed by atoms with Crippen LogP contribution in [0.25, 0.3) is 0 Å². The molecule has 2 aromatic rings. The van der Waals surface area contributed by atoms with Gasteiger partial charge in [-0.05, 0) is 11.6 Å². The quantitative estimate of drug-likeness (QED) is 0.893. The number of tetrazole rings is 1. The van der Waals surface area contributed by atoms with Gasteiger partial charge in [-0.2, -0.15) is 5.21 Å². The van der Waals surface area contributed by atoms with Gasteiger partial charge in [0.05, 0.1) is 0 Å². The molecule has 0 unspecified atom stereocenters. The van der Waals surface area contributed by atoms with E-state index in [4.69, 9.17) is 0 Å². The van der Waals surface area contributed by atoms with Crippen LogP contribution in [0.15, 0.2) is 24.3 Å². The van der Waals surface area contributed by atoms with Crippen molar-refractivity contribution in [1.82, 2.24) is 25.5 Å². The summed E-state index contributed by atoms with van der Waals surface area (Å²) in [5.41, 5.74) is 1.84. The molecule has 1 aliphatic heterocycles. The van der Waals surface area contributed by atoms with Crippen molar-refractivity contribution in [3.8, 4) is 0 Å². The average Bonchev–Trinajstić information content (AvgIpc) is 3.21. The molecule has 126 valence electrons. The third kappa shape index (κ3) is 2.86. The molecule has 8 heteroatoms. The topological polar surface area (TPSA) is 95.1 Å². The van der Waals surface area contributed by atoms with E-state index in [1.807, 2.05) is 31.2 Å². The van der Waals surface area contributed by atoms with Gasteiger partial charge in [0.15, 0.2) is 5.82 Å². The molecule has 24 heavy (non-hydrogen) atoms. The summed E-state index contributed by atoms with van der Waals surface area (Å²) >= 11 is 0. The molecule has 8 nitrogen and oxygen atoms in total. The van der Waals surface area contributed by atoms with Gasteiger partial charge in [0.1, 0.15) is 6.04 Å². The number of amides is 2. The first-order chi connectivity index (χ1) is 11.5. The number of carbonyl (C=O) groups excluding carboxylic acids is 2. The summed E-state index contributed by atoms with van der Waals surface area (Å²) in [6, 6.07) is 7.14. The minimum atomic E-state index is -0.498. The minimum absolute atomic E-state index is 0.0488. The minimum Gasteiger partial charge on any atom is -0.343 e. The van der Waals surface area contributed by atoms with Gasteiger partial charge in [-0.1, -0.05) is 30.3 Å². The summed E-state index contributed by atoms with van der Waals surface area (Å²) in [6.07, 6.45) is 0.537. The first-order valence-electron chi connectivity index (χ1n) is 7.85. The van der Waals surface area contributed by atoms with E-state index >= 15 is 0 Å². The molecule has 0 fully saturated rings. The number of hydrogen-bond acceptors (Lipinski definition) is 5. The van der Waals surface area contributed by atoms with Crippen LogP contribution in [-0.2, 0) is 16.0 Å². The van der Waals surface area contributed by atoms with E-state index in [1.165, 1.54) is 6.92 Å². The number of aromatic nitrogens is 4. The predicted molar refractivity (Wildman–Crippen MR) is 87.3 cm³/mol. The molecule has 2 atom stereocenters. The lowest BCUT2D eigenvalue weighted by Crippen LogP contribution is -2.48. The summed E-state index contributed by atoms with van der Waals surface area (Å²) in [7, 11) is 1.74. The van der Waals surface area contributed by atoms with Gasteiger partial charge < -0.3 is 4.90 Å². The SMILES string of the molecule is CC(=O)N1c2ccccc2C[C@H]1C(=O)N(C)C[C@H](C)c1nn[nH]n1. The van der Waals surface area contributed by atoms with Crippen LogP contribution in [-0.4, -0.2) is 57.0 Å². The van der Waals surface area contributed by atoms with Crippen molar-refractivity contribution in [3.05, 3.63) is 35.7 Å². The third-order valence-corrected chi connectivity index (χ3v) is 4.33. The molecular weight excluding hydrogens is 308 g/mol.